The van der Waals surface area contributed by atoms with Crippen LogP contribution >= 0.6 is 11.5 Å². The lowest BCUT2D eigenvalue weighted by Gasteiger charge is -2.36. The highest BCUT2D eigenvalue weighted by molar-refractivity contribution is 7.13. The number of nitrogens with one attached hydrogen (secondary N) is 1. The molecule has 0 radical (unpaired) electrons. The third-order valence-electron chi connectivity index (χ3n) is 4.14. The van der Waals surface area contributed by atoms with Crippen LogP contribution in [0.15, 0.2) is 24.3 Å². The van der Waals surface area contributed by atoms with Gasteiger partial charge in [0.15, 0.2) is 0 Å². The topological polar surface area (TPSA) is 54.5 Å². The maximum atomic E-state index is 12.5. The fourth-order valence-corrected chi connectivity index (χ4v) is 3.76. The molecule has 0 spiro atoms. The number of carbonyl (C=O) groups is 1. The van der Waals surface area contributed by atoms with E-state index in [-0.39, 0.29) is 12.1 Å². The van der Waals surface area contributed by atoms with E-state index in [1.165, 1.54) is 16.2 Å². The second kappa shape index (κ2) is 6.97. The van der Waals surface area contributed by atoms with Gasteiger partial charge in [-0.05, 0) is 63.7 Å². The van der Waals surface area contributed by atoms with Crippen molar-refractivity contribution in [3.8, 4) is 0 Å². The van der Waals surface area contributed by atoms with Crippen molar-refractivity contribution in [2.24, 2.45) is 0 Å². The molecule has 1 fully saturated rings. The first-order chi connectivity index (χ1) is 11.4. The third-order valence-corrected chi connectivity index (χ3v) is 4.96. The second-order valence-corrected chi connectivity index (χ2v) is 8.04. The van der Waals surface area contributed by atoms with E-state index in [0.29, 0.717) is 6.54 Å². The third kappa shape index (κ3) is 3.98. The van der Waals surface area contributed by atoms with Gasteiger partial charge in [-0.15, -0.1) is 0 Å². The highest BCUT2D eigenvalue weighted by atomic mass is 32.1. The maximum Gasteiger partial charge on any atom is 0.410 e. The molecule has 2 heterocycles. The van der Waals surface area contributed by atoms with E-state index >= 15 is 0 Å². The van der Waals surface area contributed by atoms with Crippen LogP contribution in [0.1, 0.15) is 40.0 Å². The van der Waals surface area contributed by atoms with Crippen LogP contribution in [0.2, 0.25) is 0 Å². The Morgan fingerprint density at radius 3 is 2.96 bits per heavy atom. The van der Waals surface area contributed by atoms with Crippen LogP contribution in [0.5, 0.6) is 0 Å². The molecule has 5 nitrogen and oxygen atoms in total. The molecule has 6 heteroatoms. The smallest absolute Gasteiger partial charge is 0.410 e. The number of carbonyl (C=O) groups excluding carboxylic acids is 1. The number of aromatic nitrogens is 1. The highest BCUT2D eigenvalue weighted by Gasteiger charge is 2.30. The number of anilines is 1. The fourth-order valence-electron chi connectivity index (χ4n) is 3.00. The van der Waals surface area contributed by atoms with Crippen LogP contribution < -0.4 is 5.32 Å². The van der Waals surface area contributed by atoms with Crippen molar-refractivity contribution in [2.75, 3.05) is 18.4 Å². The molecule has 1 amide bonds. The van der Waals surface area contributed by atoms with Gasteiger partial charge in [0.1, 0.15) is 11.4 Å². The zero-order valence-electron chi connectivity index (χ0n) is 14.5. The Balaban J connectivity index is 1.67. The van der Waals surface area contributed by atoms with Crippen molar-refractivity contribution in [1.29, 1.82) is 0 Å². The van der Waals surface area contributed by atoms with E-state index in [1.54, 1.807) is 0 Å². The molecule has 1 aliphatic rings. The van der Waals surface area contributed by atoms with Gasteiger partial charge in [-0.2, -0.15) is 4.37 Å². The van der Waals surface area contributed by atoms with Gasteiger partial charge >= 0.3 is 6.09 Å². The van der Waals surface area contributed by atoms with Gasteiger partial charge in [0.2, 0.25) is 0 Å². The Bertz CT molecular complexity index is 708. The SMILES string of the molecule is CC(C)(C)OC(=O)N1CCCC[C@@H]1CNc1nsc2ccccc12. The molecule has 1 aromatic carbocycles. The lowest BCUT2D eigenvalue weighted by molar-refractivity contribution is 0.0114. The van der Waals surface area contributed by atoms with E-state index in [2.05, 4.69) is 21.8 Å². The molecule has 130 valence electrons. The molecule has 0 aliphatic carbocycles. The number of benzene rings is 1. The molecule has 1 aromatic heterocycles. The van der Waals surface area contributed by atoms with Gasteiger partial charge in [0.05, 0.1) is 10.7 Å². The van der Waals surface area contributed by atoms with Gasteiger partial charge in [-0.25, -0.2) is 4.79 Å². The zero-order valence-corrected chi connectivity index (χ0v) is 15.4. The Morgan fingerprint density at radius 2 is 2.17 bits per heavy atom. The summed E-state index contributed by atoms with van der Waals surface area (Å²) in [5.74, 6) is 0.908. The van der Waals surface area contributed by atoms with Crippen molar-refractivity contribution in [2.45, 2.75) is 51.7 Å². The summed E-state index contributed by atoms with van der Waals surface area (Å²) in [7, 11) is 0. The maximum absolute atomic E-state index is 12.5. The molecule has 24 heavy (non-hydrogen) atoms. The summed E-state index contributed by atoms with van der Waals surface area (Å²) in [6.07, 6.45) is 2.96. The quantitative estimate of drug-likeness (QED) is 0.888. The van der Waals surface area contributed by atoms with Crippen LogP contribution in [0, 0.1) is 0 Å². The van der Waals surface area contributed by atoms with Crippen molar-refractivity contribution < 1.29 is 9.53 Å². The largest absolute Gasteiger partial charge is 0.444 e. The Morgan fingerprint density at radius 1 is 1.38 bits per heavy atom. The van der Waals surface area contributed by atoms with Crippen LogP contribution in [0.4, 0.5) is 10.6 Å². The van der Waals surface area contributed by atoms with Gasteiger partial charge in [-0.3, -0.25) is 0 Å². The number of rotatable bonds is 3. The molecular weight excluding hydrogens is 322 g/mol. The summed E-state index contributed by atoms with van der Waals surface area (Å²) in [5, 5.41) is 4.58. The molecule has 1 aliphatic heterocycles. The summed E-state index contributed by atoms with van der Waals surface area (Å²) >= 11 is 1.50. The highest BCUT2D eigenvalue weighted by Crippen LogP contribution is 2.27. The minimum Gasteiger partial charge on any atom is -0.444 e. The van der Waals surface area contributed by atoms with Crippen molar-refractivity contribution in [3.63, 3.8) is 0 Å². The summed E-state index contributed by atoms with van der Waals surface area (Å²) in [6, 6.07) is 8.35. The number of amides is 1. The first-order valence-electron chi connectivity index (χ1n) is 8.52. The van der Waals surface area contributed by atoms with Crippen LogP contribution in [0.25, 0.3) is 10.1 Å². The summed E-state index contributed by atoms with van der Waals surface area (Å²) in [6.45, 7) is 7.18. The lowest BCUT2D eigenvalue weighted by Crippen LogP contribution is -2.48. The van der Waals surface area contributed by atoms with Gasteiger partial charge in [0, 0.05) is 18.5 Å². The Labute approximate surface area is 147 Å². The number of likely N-dealkylation sites (tertiary alicyclic amines) is 1. The normalized spacial score (nSPS) is 18.6. The number of hydrogen-bond donors (Lipinski definition) is 1. The fraction of sp³-hybridized carbons (Fsp3) is 0.556. The number of ether oxygens (including phenoxy) is 1. The second-order valence-electron chi connectivity index (χ2n) is 7.23. The number of fused-ring (bicyclic) bond motifs is 1. The molecule has 1 N–H and O–H groups in total. The molecule has 2 aromatic rings. The average molecular weight is 347 g/mol. The van der Waals surface area contributed by atoms with E-state index in [9.17, 15) is 4.79 Å². The predicted octanol–water partition coefficient (Wildman–Crippen LogP) is 4.50. The van der Waals surface area contributed by atoms with Crippen LogP contribution in [-0.2, 0) is 4.74 Å². The molecule has 0 saturated carbocycles. The number of piperidine rings is 1. The summed E-state index contributed by atoms with van der Waals surface area (Å²) < 4.78 is 11.2. The van der Waals surface area contributed by atoms with Crippen molar-refractivity contribution in [3.05, 3.63) is 24.3 Å². The standard InChI is InChI=1S/C18H25N3O2S/c1-18(2,3)23-17(22)21-11-7-6-8-13(21)12-19-16-14-9-4-5-10-15(14)24-20-16/h4-5,9-10,13H,6-8,11-12H2,1-3H3,(H,19,20)/t13-/m1/s1. The summed E-state index contributed by atoms with van der Waals surface area (Å²) in [4.78, 5) is 14.3. The molecule has 1 saturated heterocycles. The summed E-state index contributed by atoms with van der Waals surface area (Å²) in [5.41, 5.74) is -0.461. The van der Waals surface area contributed by atoms with E-state index in [1.807, 2.05) is 37.8 Å². The van der Waals surface area contributed by atoms with E-state index in [4.69, 9.17) is 4.74 Å². The number of nitrogens with zero attached hydrogens (tertiary/aromatic N) is 2. The molecular formula is C18H25N3O2S. The van der Waals surface area contributed by atoms with Crippen molar-refractivity contribution in [1.82, 2.24) is 9.27 Å². The minimum atomic E-state index is -0.461. The van der Waals surface area contributed by atoms with Gasteiger partial charge < -0.3 is 15.0 Å². The first-order valence-corrected chi connectivity index (χ1v) is 9.29. The molecule has 3 rings (SSSR count). The predicted molar refractivity (Wildman–Crippen MR) is 98.7 cm³/mol. The molecule has 0 bridgehead atoms. The monoisotopic (exact) mass is 347 g/mol. The number of hydrogen-bond acceptors (Lipinski definition) is 5. The van der Waals surface area contributed by atoms with E-state index < -0.39 is 5.60 Å². The van der Waals surface area contributed by atoms with Gasteiger partial charge in [0.25, 0.3) is 0 Å². The van der Waals surface area contributed by atoms with Crippen molar-refractivity contribution >= 4 is 33.5 Å². The Kier molecular flexibility index (Phi) is 4.94. The average Bonchev–Trinajstić information content (AvgIpc) is 2.95. The van der Waals surface area contributed by atoms with E-state index in [0.717, 1.165) is 37.0 Å². The first kappa shape index (κ1) is 17.0. The zero-order chi connectivity index (χ0) is 17.2. The Hall–Kier alpha value is -1.82. The van der Waals surface area contributed by atoms with Crippen LogP contribution in [0.3, 0.4) is 0 Å². The molecule has 0 unspecified atom stereocenters. The lowest BCUT2D eigenvalue weighted by atomic mass is 10.0. The van der Waals surface area contributed by atoms with Gasteiger partial charge in [-0.1, -0.05) is 12.1 Å². The molecule has 1 atom stereocenters. The minimum absolute atomic E-state index is 0.147. The van der Waals surface area contributed by atoms with Crippen LogP contribution in [-0.4, -0.2) is 40.1 Å².